The largest absolute Gasteiger partial charge is 0.348 e. The summed E-state index contributed by atoms with van der Waals surface area (Å²) in [6, 6.07) is 3.95. The third-order valence-electron chi connectivity index (χ3n) is 2.53. The minimum atomic E-state index is -0.118. The maximum absolute atomic E-state index is 12.0. The molecule has 1 atom stereocenters. The molecule has 0 aliphatic heterocycles. The van der Waals surface area contributed by atoms with Crippen molar-refractivity contribution in [1.29, 1.82) is 0 Å². The Kier molecular flexibility index (Phi) is 4.93. The van der Waals surface area contributed by atoms with Gasteiger partial charge in [-0.1, -0.05) is 17.8 Å². The van der Waals surface area contributed by atoms with Crippen molar-refractivity contribution in [2.24, 2.45) is 0 Å². The van der Waals surface area contributed by atoms with E-state index in [1.54, 1.807) is 23.3 Å². The number of pyridine rings is 1. The Morgan fingerprint density at radius 1 is 1.58 bits per heavy atom. The molecule has 0 bridgehead atoms. The number of carbonyl (C=O) groups excluding carboxylic acids is 1. The number of nitrogens with zero attached hydrogens (tertiary/aromatic N) is 2. The third-order valence-corrected chi connectivity index (χ3v) is 4.40. The lowest BCUT2D eigenvalue weighted by Crippen LogP contribution is -2.34. The van der Waals surface area contributed by atoms with Gasteiger partial charge in [-0.25, -0.2) is 4.98 Å². The topological polar surface area (TPSA) is 54.9 Å². The average molecular weight is 293 g/mol. The van der Waals surface area contributed by atoms with Gasteiger partial charge in [0, 0.05) is 23.8 Å². The van der Waals surface area contributed by atoms with E-state index in [2.05, 4.69) is 15.3 Å². The van der Waals surface area contributed by atoms with Gasteiger partial charge in [0.05, 0.1) is 0 Å². The van der Waals surface area contributed by atoms with Gasteiger partial charge >= 0.3 is 0 Å². The van der Waals surface area contributed by atoms with Gasteiger partial charge in [-0.05, 0) is 31.2 Å². The molecule has 0 saturated heterocycles. The summed E-state index contributed by atoms with van der Waals surface area (Å²) in [5.41, 5.74) is 1.60. The van der Waals surface area contributed by atoms with E-state index in [1.807, 2.05) is 31.5 Å². The Morgan fingerprint density at radius 3 is 3.05 bits per heavy atom. The lowest BCUT2D eigenvalue weighted by Gasteiger charge is -2.12. The highest BCUT2D eigenvalue weighted by Gasteiger charge is 2.13. The molecule has 4 nitrogen and oxygen atoms in total. The van der Waals surface area contributed by atoms with Crippen LogP contribution in [0.15, 0.2) is 34.2 Å². The Hall–Kier alpha value is -1.40. The monoisotopic (exact) mass is 293 g/mol. The summed E-state index contributed by atoms with van der Waals surface area (Å²) < 4.78 is 0.907. The first-order valence-electron chi connectivity index (χ1n) is 5.88. The second kappa shape index (κ2) is 6.68. The molecule has 2 heterocycles. The van der Waals surface area contributed by atoms with Crippen molar-refractivity contribution in [3.8, 4) is 0 Å². The first-order valence-corrected chi connectivity index (χ1v) is 7.98. The molecule has 0 spiro atoms. The van der Waals surface area contributed by atoms with E-state index in [4.69, 9.17) is 0 Å². The first-order chi connectivity index (χ1) is 9.19. The van der Waals surface area contributed by atoms with Crippen LogP contribution >= 0.6 is 23.1 Å². The van der Waals surface area contributed by atoms with Gasteiger partial charge in [-0.3, -0.25) is 9.78 Å². The Morgan fingerprint density at radius 2 is 2.42 bits per heavy atom. The Bertz CT molecular complexity index is 542. The zero-order valence-electron chi connectivity index (χ0n) is 10.8. The van der Waals surface area contributed by atoms with Crippen LogP contribution in [0.25, 0.3) is 0 Å². The predicted molar refractivity (Wildman–Crippen MR) is 78.8 cm³/mol. The number of carbonyl (C=O) groups is 1. The van der Waals surface area contributed by atoms with Crippen molar-refractivity contribution in [2.75, 3.05) is 6.26 Å². The maximum Gasteiger partial charge on any atom is 0.271 e. The second-order valence-electron chi connectivity index (χ2n) is 4.14. The van der Waals surface area contributed by atoms with Gasteiger partial charge in [0.1, 0.15) is 10.0 Å². The fourth-order valence-corrected chi connectivity index (χ4v) is 2.92. The maximum atomic E-state index is 12.0. The van der Waals surface area contributed by atoms with Crippen molar-refractivity contribution < 1.29 is 4.79 Å². The van der Waals surface area contributed by atoms with Crippen LogP contribution in [0.3, 0.4) is 0 Å². The van der Waals surface area contributed by atoms with Gasteiger partial charge in [0.25, 0.3) is 5.91 Å². The molecule has 2 aromatic rings. The van der Waals surface area contributed by atoms with Crippen molar-refractivity contribution >= 4 is 29.0 Å². The molecule has 0 aromatic carbocycles. The lowest BCUT2D eigenvalue weighted by molar-refractivity contribution is 0.0935. The Labute approximate surface area is 120 Å². The van der Waals surface area contributed by atoms with Crippen LogP contribution in [0.1, 0.15) is 23.0 Å². The molecule has 1 N–H and O–H groups in total. The van der Waals surface area contributed by atoms with Gasteiger partial charge in [-0.2, -0.15) is 0 Å². The van der Waals surface area contributed by atoms with E-state index in [-0.39, 0.29) is 11.9 Å². The van der Waals surface area contributed by atoms with E-state index in [9.17, 15) is 4.79 Å². The molecular weight excluding hydrogens is 278 g/mol. The van der Waals surface area contributed by atoms with Crippen molar-refractivity contribution in [1.82, 2.24) is 15.3 Å². The molecule has 2 rings (SSSR count). The van der Waals surface area contributed by atoms with Crippen molar-refractivity contribution in [3.63, 3.8) is 0 Å². The number of thioether (sulfide) groups is 1. The molecular formula is C13H15N3OS2. The fraction of sp³-hybridized carbons (Fsp3) is 0.308. The lowest BCUT2D eigenvalue weighted by atomic mass is 10.1. The summed E-state index contributed by atoms with van der Waals surface area (Å²) in [5, 5.41) is 4.74. The molecule has 0 unspecified atom stereocenters. The van der Waals surface area contributed by atoms with Gasteiger partial charge < -0.3 is 5.32 Å². The van der Waals surface area contributed by atoms with Crippen LogP contribution in [-0.2, 0) is 6.42 Å². The quantitative estimate of drug-likeness (QED) is 0.861. The zero-order valence-corrected chi connectivity index (χ0v) is 12.4. The van der Waals surface area contributed by atoms with Crippen LogP contribution in [0, 0.1) is 0 Å². The second-order valence-corrected chi connectivity index (χ2v) is 6.05. The fourth-order valence-electron chi connectivity index (χ4n) is 1.68. The number of thiazole rings is 1. The summed E-state index contributed by atoms with van der Waals surface area (Å²) in [6.07, 6.45) is 6.27. The van der Waals surface area contributed by atoms with Crippen LogP contribution in [-0.4, -0.2) is 28.2 Å². The number of rotatable bonds is 5. The highest BCUT2D eigenvalue weighted by molar-refractivity contribution is 8.00. The van der Waals surface area contributed by atoms with Crippen LogP contribution < -0.4 is 5.32 Å². The van der Waals surface area contributed by atoms with Gasteiger partial charge in [0.15, 0.2) is 0 Å². The third kappa shape index (κ3) is 4.04. The highest BCUT2D eigenvalue weighted by Crippen LogP contribution is 2.19. The summed E-state index contributed by atoms with van der Waals surface area (Å²) >= 11 is 3.04. The molecule has 1 amide bonds. The van der Waals surface area contributed by atoms with E-state index in [0.29, 0.717) is 5.69 Å². The molecule has 0 aliphatic rings. The Balaban J connectivity index is 1.91. The molecule has 6 heteroatoms. The van der Waals surface area contributed by atoms with Crippen molar-refractivity contribution in [3.05, 3.63) is 41.2 Å². The van der Waals surface area contributed by atoms with Crippen LogP contribution in [0.2, 0.25) is 0 Å². The molecule has 0 saturated carbocycles. The van der Waals surface area contributed by atoms with E-state index in [0.717, 1.165) is 16.3 Å². The van der Waals surface area contributed by atoms with Crippen LogP contribution in [0.5, 0.6) is 0 Å². The standard InChI is InChI=1S/C13H15N3OS2/c1-9(6-10-4-3-5-14-7-10)15-12(17)11-8-19-13(16-11)18-2/h3-5,7-9H,6H2,1-2H3,(H,15,17)/t9-/m0/s1. The normalized spacial score (nSPS) is 12.1. The minimum Gasteiger partial charge on any atom is -0.348 e. The minimum absolute atomic E-state index is 0.0520. The number of aromatic nitrogens is 2. The SMILES string of the molecule is CSc1nc(C(=O)N[C@@H](C)Cc2cccnc2)cs1. The molecule has 100 valence electrons. The van der Waals surface area contributed by atoms with Gasteiger partial charge in [-0.15, -0.1) is 11.3 Å². The van der Waals surface area contributed by atoms with Crippen molar-refractivity contribution in [2.45, 2.75) is 23.7 Å². The van der Waals surface area contributed by atoms with E-state index in [1.165, 1.54) is 11.3 Å². The number of nitrogens with one attached hydrogen (secondary N) is 1. The summed E-state index contributed by atoms with van der Waals surface area (Å²) in [6.45, 7) is 1.98. The first kappa shape index (κ1) is 14.0. The molecule has 19 heavy (non-hydrogen) atoms. The smallest absolute Gasteiger partial charge is 0.271 e. The number of hydrogen-bond acceptors (Lipinski definition) is 5. The van der Waals surface area contributed by atoms with Gasteiger partial charge in [0.2, 0.25) is 0 Å². The molecule has 0 aliphatic carbocycles. The summed E-state index contributed by atoms with van der Waals surface area (Å²) in [5.74, 6) is -0.118. The number of hydrogen-bond donors (Lipinski definition) is 1. The summed E-state index contributed by atoms with van der Waals surface area (Å²) in [7, 11) is 0. The number of amides is 1. The van der Waals surface area contributed by atoms with E-state index >= 15 is 0 Å². The average Bonchev–Trinajstić information content (AvgIpc) is 2.88. The van der Waals surface area contributed by atoms with E-state index < -0.39 is 0 Å². The summed E-state index contributed by atoms with van der Waals surface area (Å²) in [4.78, 5) is 20.3. The molecule has 0 fully saturated rings. The molecule has 2 aromatic heterocycles. The predicted octanol–water partition coefficient (Wildman–Crippen LogP) is 2.62. The zero-order chi connectivity index (χ0) is 13.7. The highest BCUT2D eigenvalue weighted by atomic mass is 32.2. The molecule has 0 radical (unpaired) electrons. The van der Waals surface area contributed by atoms with Crippen LogP contribution in [0.4, 0.5) is 0 Å².